The highest BCUT2D eigenvalue weighted by atomic mass is 16.6. The first kappa shape index (κ1) is 32.0. The molecule has 3 heterocycles. The van der Waals surface area contributed by atoms with Gasteiger partial charge < -0.3 is 23.7 Å². The Labute approximate surface area is 269 Å². The lowest BCUT2D eigenvalue weighted by atomic mass is 9.41. The standard InChI is InChI=1S/C37H43NO8/c1-22-15-16-35(3)28(36(22,4)21-43-23(2)39)19-29(45-30(40)14-13-24-10-7-6-8-11-24)37(5)33(35)32(41)31-27(46-37)18-26(44-34(31)42)25-12-9-17-38-20-25/h6-12,17-18,20,22,28-29,32-33,41H,13-16,19,21H2,1-5H3/t22-,28?,29-,32-,33?,35-,36?,37+/m0/s1. The van der Waals surface area contributed by atoms with Crippen LogP contribution in [0.25, 0.3) is 11.3 Å². The van der Waals surface area contributed by atoms with E-state index in [1.165, 1.54) is 6.92 Å². The first-order valence-corrected chi connectivity index (χ1v) is 16.2. The fourth-order valence-electron chi connectivity index (χ4n) is 8.81. The molecule has 3 aromatic rings. The lowest BCUT2D eigenvalue weighted by Gasteiger charge is -2.66. The summed E-state index contributed by atoms with van der Waals surface area (Å²) >= 11 is 0. The van der Waals surface area contributed by atoms with Crippen molar-refractivity contribution in [3.8, 4) is 17.1 Å². The number of pyridine rings is 1. The summed E-state index contributed by atoms with van der Waals surface area (Å²) in [6.45, 7) is 9.91. The maximum Gasteiger partial charge on any atom is 0.345 e. The molecule has 2 fully saturated rings. The zero-order chi connectivity index (χ0) is 32.9. The summed E-state index contributed by atoms with van der Waals surface area (Å²) in [5, 5.41) is 12.2. The molecule has 1 aliphatic heterocycles. The monoisotopic (exact) mass is 629 g/mol. The molecule has 3 aliphatic rings. The van der Waals surface area contributed by atoms with Gasteiger partial charge >= 0.3 is 17.6 Å². The first-order valence-electron chi connectivity index (χ1n) is 16.2. The van der Waals surface area contributed by atoms with Crippen molar-refractivity contribution in [1.82, 2.24) is 4.98 Å². The summed E-state index contributed by atoms with van der Waals surface area (Å²) in [5.41, 5.74) is -1.22. The van der Waals surface area contributed by atoms with Crippen molar-refractivity contribution >= 4 is 11.9 Å². The van der Waals surface area contributed by atoms with Gasteiger partial charge in [-0.25, -0.2) is 4.79 Å². The summed E-state index contributed by atoms with van der Waals surface area (Å²) in [6.07, 6.45) is 3.94. The molecule has 46 heavy (non-hydrogen) atoms. The molecule has 3 unspecified atom stereocenters. The number of benzene rings is 1. The van der Waals surface area contributed by atoms with Crippen LogP contribution >= 0.6 is 0 Å². The molecule has 0 bridgehead atoms. The Kier molecular flexibility index (Phi) is 8.34. The molecule has 6 rings (SSSR count). The molecule has 9 heteroatoms. The van der Waals surface area contributed by atoms with Crippen molar-refractivity contribution in [2.45, 2.75) is 84.5 Å². The van der Waals surface area contributed by atoms with Crippen molar-refractivity contribution in [1.29, 1.82) is 0 Å². The highest BCUT2D eigenvalue weighted by Crippen LogP contribution is 2.68. The van der Waals surface area contributed by atoms with E-state index in [2.05, 4.69) is 25.8 Å². The number of ether oxygens (including phenoxy) is 3. The molecule has 0 spiro atoms. The van der Waals surface area contributed by atoms with Gasteiger partial charge in [-0.15, -0.1) is 0 Å². The number of aliphatic hydroxyl groups is 1. The summed E-state index contributed by atoms with van der Waals surface area (Å²) in [5.74, 6) is -0.824. The van der Waals surface area contributed by atoms with Crippen molar-refractivity contribution in [3.63, 3.8) is 0 Å². The predicted octanol–water partition coefficient (Wildman–Crippen LogP) is 6.07. The quantitative estimate of drug-likeness (QED) is 0.310. The Morgan fingerprint density at radius 3 is 2.57 bits per heavy atom. The fourth-order valence-corrected chi connectivity index (χ4v) is 8.81. The maximum absolute atomic E-state index is 13.6. The summed E-state index contributed by atoms with van der Waals surface area (Å²) in [7, 11) is 0. The largest absolute Gasteiger partial charge is 0.482 e. The lowest BCUT2D eigenvalue weighted by molar-refractivity contribution is -0.262. The number of aliphatic hydroxyl groups excluding tert-OH is 1. The van der Waals surface area contributed by atoms with Gasteiger partial charge in [-0.3, -0.25) is 14.6 Å². The summed E-state index contributed by atoms with van der Waals surface area (Å²) in [4.78, 5) is 43.2. The van der Waals surface area contributed by atoms with Gasteiger partial charge in [0.05, 0.1) is 12.7 Å². The average molecular weight is 630 g/mol. The fraction of sp³-hybridized carbons (Fsp3) is 0.514. The third-order valence-electron chi connectivity index (χ3n) is 11.4. The van der Waals surface area contributed by atoms with Gasteiger partial charge in [-0.2, -0.15) is 0 Å². The van der Waals surface area contributed by atoms with E-state index in [0.29, 0.717) is 18.4 Å². The third-order valence-corrected chi connectivity index (χ3v) is 11.4. The molecule has 9 nitrogen and oxygen atoms in total. The number of aromatic nitrogens is 1. The van der Waals surface area contributed by atoms with Crippen LogP contribution in [0, 0.1) is 28.6 Å². The highest BCUT2D eigenvalue weighted by Gasteiger charge is 2.70. The zero-order valence-electron chi connectivity index (χ0n) is 27.2. The average Bonchev–Trinajstić information content (AvgIpc) is 3.02. The normalized spacial score (nSPS) is 33.0. The molecule has 1 aromatic carbocycles. The maximum atomic E-state index is 13.6. The Morgan fingerprint density at radius 2 is 1.87 bits per heavy atom. The predicted molar refractivity (Wildman–Crippen MR) is 170 cm³/mol. The Hall–Kier alpha value is -3.98. The van der Waals surface area contributed by atoms with Gasteiger partial charge in [0.15, 0.2) is 0 Å². The van der Waals surface area contributed by atoms with Crippen LogP contribution < -0.4 is 10.4 Å². The van der Waals surface area contributed by atoms with Crippen molar-refractivity contribution in [2.24, 2.45) is 28.6 Å². The first-order chi connectivity index (χ1) is 21.9. The van der Waals surface area contributed by atoms with Crippen LogP contribution in [0.4, 0.5) is 0 Å². The summed E-state index contributed by atoms with van der Waals surface area (Å²) < 4.78 is 24.5. The zero-order valence-corrected chi connectivity index (χ0v) is 27.2. The van der Waals surface area contributed by atoms with E-state index in [1.54, 1.807) is 30.6 Å². The minimum atomic E-state index is -1.25. The number of hydrogen-bond donors (Lipinski definition) is 1. The van der Waals surface area contributed by atoms with Crippen LogP contribution in [0.15, 0.2) is 70.1 Å². The van der Waals surface area contributed by atoms with E-state index in [1.807, 2.05) is 37.3 Å². The molecule has 2 aromatic heterocycles. The van der Waals surface area contributed by atoms with Gasteiger partial charge in [-0.05, 0) is 67.6 Å². The van der Waals surface area contributed by atoms with E-state index in [-0.39, 0.29) is 53.9 Å². The molecule has 244 valence electrons. The van der Waals surface area contributed by atoms with Crippen LogP contribution in [0.2, 0.25) is 0 Å². The molecular formula is C37H43NO8. The van der Waals surface area contributed by atoms with Crippen LogP contribution in [0.3, 0.4) is 0 Å². The molecule has 2 saturated carbocycles. The van der Waals surface area contributed by atoms with Crippen LogP contribution in [0.5, 0.6) is 5.75 Å². The second-order valence-electron chi connectivity index (χ2n) is 14.1. The molecule has 8 atom stereocenters. The minimum Gasteiger partial charge on any atom is -0.482 e. The summed E-state index contributed by atoms with van der Waals surface area (Å²) in [6, 6.07) is 14.9. The Bertz CT molecular complexity index is 1660. The molecule has 1 N–H and O–H groups in total. The number of aryl methyl sites for hydroxylation is 1. The topological polar surface area (TPSA) is 125 Å². The number of hydrogen-bond acceptors (Lipinski definition) is 9. The van der Waals surface area contributed by atoms with E-state index >= 15 is 0 Å². The number of fused-ring (bicyclic) bond motifs is 4. The van der Waals surface area contributed by atoms with Crippen LogP contribution in [0.1, 0.15) is 77.5 Å². The van der Waals surface area contributed by atoms with Gasteiger partial charge in [0, 0.05) is 48.7 Å². The van der Waals surface area contributed by atoms with Crippen molar-refractivity contribution in [3.05, 3.63) is 82.5 Å². The molecule has 0 amide bonds. The Balaban J connectivity index is 1.43. The smallest absolute Gasteiger partial charge is 0.345 e. The van der Waals surface area contributed by atoms with E-state index < -0.39 is 40.2 Å². The molecule has 2 aliphatic carbocycles. The second kappa shape index (κ2) is 12.0. The van der Waals surface area contributed by atoms with Gasteiger partial charge in [0.2, 0.25) is 0 Å². The number of esters is 2. The Morgan fingerprint density at radius 1 is 1.11 bits per heavy atom. The lowest BCUT2D eigenvalue weighted by Crippen LogP contribution is -2.70. The molecular weight excluding hydrogens is 586 g/mol. The van der Waals surface area contributed by atoms with Gasteiger partial charge in [-0.1, -0.05) is 51.1 Å². The number of nitrogens with zero attached hydrogens (tertiary/aromatic N) is 1. The van der Waals surface area contributed by atoms with E-state index in [9.17, 15) is 19.5 Å². The van der Waals surface area contributed by atoms with Crippen LogP contribution in [-0.2, 0) is 25.5 Å². The second-order valence-corrected chi connectivity index (χ2v) is 14.1. The van der Waals surface area contributed by atoms with Crippen LogP contribution in [-0.4, -0.2) is 40.3 Å². The van der Waals surface area contributed by atoms with E-state index in [4.69, 9.17) is 18.6 Å². The number of rotatable bonds is 7. The van der Waals surface area contributed by atoms with Gasteiger partial charge in [0.1, 0.15) is 28.8 Å². The third kappa shape index (κ3) is 5.42. The SMILES string of the molecule is CC(=O)OCC1(C)C2C[C@H](OC(=O)CCc3ccccc3)[C@@]3(C)Oc4cc(-c5cccnc5)oc(=O)c4[C@H](O)C3[C@@]2(C)CC[C@@H]1C. The van der Waals surface area contributed by atoms with E-state index in [0.717, 1.165) is 18.4 Å². The number of carbonyl (C=O) groups is 2. The molecule has 0 radical (unpaired) electrons. The van der Waals surface area contributed by atoms with Crippen molar-refractivity contribution < 1.29 is 33.3 Å². The van der Waals surface area contributed by atoms with Crippen molar-refractivity contribution in [2.75, 3.05) is 6.61 Å². The highest BCUT2D eigenvalue weighted by molar-refractivity contribution is 5.70. The van der Waals surface area contributed by atoms with Gasteiger partial charge in [0.25, 0.3) is 0 Å². The number of carbonyl (C=O) groups excluding carboxylic acids is 2. The molecule has 0 saturated heterocycles. The minimum absolute atomic E-state index is 0.0615.